The van der Waals surface area contributed by atoms with E-state index in [1.165, 1.54) is 0 Å². The van der Waals surface area contributed by atoms with Crippen LogP contribution < -0.4 is 0 Å². The zero-order valence-electron chi connectivity index (χ0n) is 9.19. The molecule has 0 amide bonds. The Labute approximate surface area is 91.8 Å². The number of rotatable bonds is 7. The van der Waals surface area contributed by atoms with E-state index in [9.17, 15) is 8.42 Å². The van der Waals surface area contributed by atoms with Crippen molar-refractivity contribution in [3.05, 3.63) is 0 Å². The maximum atomic E-state index is 10.7. The summed E-state index contributed by atoms with van der Waals surface area (Å²) in [4.78, 5) is 0. The van der Waals surface area contributed by atoms with E-state index in [1.54, 1.807) is 6.92 Å². The van der Waals surface area contributed by atoms with Gasteiger partial charge in [0.05, 0.1) is 5.75 Å². The lowest BCUT2D eigenvalue weighted by Crippen LogP contribution is -2.14. The topological polar surface area (TPSA) is 63.6 Å². The third kappa shape index (κ3) is 9.73. The Morgan fingerprint density at radius 3 is 2.60 bits per heavy atom. The second-order valence-electron chi connectivity index (χ2n) is 3.18. The molecule has 5 heteroatoms. The van der Waals surface area contributed by atoms with Gasteiger partial charge in [-0.15, -0.1) is 5.92 Å². The van der Waals surface area contributed by atoms with Crippen LogP contribution in [0, 0.1) is 17.8 Å². The van der Waals surface area contributed by atoms with Gasteiger partial charge in [-0.2, -0.15) is 8.42 Å². The molecule has 0 aromatic rings. The zero-order valence-corrected chi connectivity index (χ0v) is 10.0. The van der Waals surface area contributed by atoms with Gasteiger partial charge in [-0.3, -0.25) is 4.55 Å². The van der Waals surface area contributed by atoms with Crippen molar-refractivity contribution < 1.29 is 17.7 Å². The van der Waals surface area contributed by atoms with Gasteiger partial charge in [-0.1, -0.05) is 5.92 Å². The first-order chi connectivity index (χ1) is 6.99. The summed E-state index contributed by atoms with van der Waals surface area (Å²) < 4.78 is 35.1. The highest BCUT2D eigenvalue weighted by Gasteiger charge is 2.14. The van der Waals surface area contributed by atoms with Gasteiger partial charge in [0, 0.05) is 19.1 Å². The van der Waals surface area contributed by atoms with Crippen LogP contribution in [-0.2, 0) is 14.9 Å². The van der Waals surface area contributed by atoms with E-state index in [-0.39, 0.29) is 11.7 Å². The fraction of sp³-hybridized carbons (Fsp3) is 0.800. The summed E-state index contributed by atoms with van der Waals surface area (Å²) in [7, 11) is -3.93. The van der Waals surface area contributed by atoms with Crippen molar-refractivity contribution >= 4 is 10.1 Å². The lowest BCUT2D eigenvalue weighted by molar-refractivity contribution is 0.141. The minimum absolute atomic E-state index is 0.292. The molecule has 15 heavy (non-hydrogen) atoms. The maximum absolute atomic E-state index is 10.7. The third-order valence-corrected chi connectivity index (χ3v) is 2.63. The molecule has 0 saturated heterocycles. The Morgan fingerprint density at radius 1 is 1.47 bits per heavy atom. The molecule has 0 radical (unpaired) electrons. The Bertz CT molecular complexity index is 310. The first kappa shape index (κ1) is 14.4. The molecule has 0 fully saturated rings. The Balaban J connectivity index is 3.99. The van der Waals surface area contributed by atoms with Crippen molar-refractivity contribution in [3.8, 4) is 11.8 Å². The molecule has 0 heterocycles. The highest BCUT2D eigenvalue weighted by molar-refractivity contribution is 7.85. The standard InChI is InChI=1S/C10H18O4S/c1-3-6-10(9-15(11,12)13)7-5-8-14-4-2/h10H,4-5,7-9H2,1-2H3,(H,11,12,13). The molecule has 4 nitrogen and oxygen atoms in total. The largest absolute Gasteiger partial charge is 0.382 e. The van der Waals surface area contributed by atoms with Crippen molar-refractivity contribution in [2.45, 2.75) is 26.7 Å². The number of ether oxygens (including phenoxy) is 1. The van der Waals surface area contributed by atoms with Crippen LogP contribution in [0.4, 0.5) is 0 Å². The summed E-state index contributed by atoms with van der Waals surface area (Å²) in [6.07, 6.45) is 1.38. The molecule has 0 aromatic heterocycles. The molecule has 1 atom stereocenters. The van der Waals surface area contributed by atoms with Gasteiger partial charge in [-0.05, 0) is 26.7 Å². The van der Waals surface area contributed by atoms with Crippen LogP contribution in [0.5, 0.6) is 0 Å². The van der Waals surface area contributed by atoms with Crippen LogP contribution in [0.2, 0.25) is 0 Å². The van der Waals surface area contributed by atoms with Crippen molar-refractivity contribution in [1.82, 2.24) is 0 Å². The van der Waals surface area contributed by atoms with E-state index in [1.807, 2.05) is 6.92 Å². The van der Waals surface area contributed by atoms with Gasteiger partial charge in [0.15, 0.2) is 0 Å². The molecule has 88 valence electrons. The lowest BCUT2D eigenvalue weighted by Gasteiger charge is -2.08. The molecule has 1 unspecified atom stereocenters. The molecular weight excluding hydrogens is 216 g/mol. The predicted octanol–water partition coefficient (Wildman–Crippen LogP) is 1.33. The maximum Gasteiger partial charge on any atom is 0.266 e. The van der Waals surface area contributed by atoms with Gasteiger partial charge >= 0.3 is 0 Å². The molecule has 0 aliphatic heterocycles. The van der Waals surface area contributed by atoms with Gasteiger partial charge in [0.25, 0.3) is 10.1 Å². The summed E-state index contributed by atoms with van der Waals surface area (Å²) in [6, 6.07) is 0. The highest BCUT2D eigenvalue weighted by atomic mass is 32.2. The van der Waals surface area contributed by atoms with E-state index >= 15 is 0 Å². The molecule has 0 aromatic carbocycles. The van der Waals surface area contributed by atoms with Crippen molar-refractivity contribution in [2.24, 2.45) is 5.92 Å². The van der Waals surface area contributed by atoms with Crippen molar-refractivity contribution in [1.29, 1.82) is 0 Å². The average Bonchev–Trinajstić information content (AvgIpc) is 2.10. The van der Waals surface area contributed by atoms with Crippen LogP contribution in [-0.4, -0.2) is 31.9 Å². The molecule has 1 N–H and O–H groups in total. The second-order valence-corrected chi connectivity index (χ2v) is 4.68. The van der Waals surface area contributed by atoms with Gasteiger partial charge in [0.1, 0.15) is 0 Å². The minimum Gasteiger partial charge on any atom is -0.382 e. The summed E-state index contributed by atoms with van der Waals surface area (Å²) in [6.45, 7) is 4.81. The molecule has 0 spiro atoms. The van der Waals surface area contributed by atoms with Crippen LogP contribution in [0.1, 0.15) is 26.7 Å². The van der Waals surface area contributed by atoms with E-state index in [0.717, 1.165) is 6.42 Å². The van der Waals surface area contributed by atoms with E-state index in [0.29, 0.717) is 19.6 Å². The van der Waals surface area contributed by atoms with Crippen molar-refractivity contribution in [2.75, 3.05) is 19.0 Å². The average molecular weight is 234 g/mol. The van der Waals surface area contributed by atoms with Gasteiger partial charge in [-0.25, -0.2) is 0 Å². The van der Waals surface area contributed by atoms with Gasteiger partial charge in [0.2, 0.25) is 0 Å². The van der Waals surface area contributed by atoms with Crippen LogP contribution >= 0.6 is 0 Å². The SMILES string of the molecule is CC#CC(CCCOCC)CS(=O)(=O)O. The van der Waals surface area contributed by atoms with Crippen molar-refractivity contribution in [3.63, 3.8) is 0 Å². The van der Waals surface area contributed by atoms with E-state index in [2.05, 4.69) is 11.8 Å². The van der Waals surface area contributed by atoms with Gasteiger partial charge < -0.3 is 4.74 Å². The summed E-state index contributed by atoms with van der Waals surface area (Å²) in [5.74, 6) is 4.84. The molecule has 0 saturated carbocycles. The fourth-order valence-electron chi connectivity index (χ4n) is 1.23. The zero-order chi connectivity index (χ0) is 11.7. The molecule has 0 bridgehead atoms. The summed E-state index contributed by atoms with van der Waals surface area (Å²) >= 11 is 0. The number of hydrogen-bond donors (Lipinski definition) is 1. The Hall–Kier alpha value is -0.570. The van der Waals surface area contributed by atoms with Crippen LogP contribution in [0.15, 0.2) is 0 Å². The quantitative estimate of drug-likeness (QED) is 0.410. The first-order valence-corrected chi connectivity index (χ1v) is 6.55. The van der Waals surface area contributed by atoms with Crippen LogP contribution in [0.25, 0.3) is 0 Å². The highest BCUT2D eigenvalue weighted by Crippen LogP contribution is 2.08. The second kappa shape index (κ2) is 7.69. The lowest BCUT2D eigenvalue weighted by atomic mass is 10.1. The molecule has 0 aliphatic carbocycles. The fourth-order valence-corrected chi connectivity index (χ4v) is 1.99. The Morgan fingerprint density at radius 2 is 2.13 bits per heavy atom. The third-order valence-electron chi connectivity index (χ3n) is 1.81. The Kier molecular flexibility index (Phi) is 7.39. The molecule has 0 rings (SSSR count). The number of hydrogen-bond acceptors (Lipinski definition) is 3. The van der Waals surface area contributed by atoms with E-state index < -0.39 is 10.1 Å². The minimum atomic E-state index is -3.93. The molecule has 0 aliphatic rings. The smallest absolute Gasteiger partial charge is 0.266 e. The first-order valence-electron chi connectivity index (χ1n) is 4.94. The molecular formula is C10H18O4S. The van der Waals surface area contributed by atoms with Crippen LogP contribution in [0.3, 0.4) is 0 Å². The normalized spacial score (nSPS) is 13.0. The van der Waals surface area contributed by atoms with E-state index in [4.69, 9.17) is 9.29 Å². The predicted molar refractivity (Wildman–Crippen MR) is 59.1 cm³/mol. The summed E-state index contributed by atoms with van der Waals surface area (Å²) in [5.41, 5.74) is 0. The summed E-state index contributed by atoms with van der Waals surface area (Å²) in [5, 5.41) is 0. The monoisotopic (exact) mass is 234 g/mol.